The van der Waals surface area contributed by atoms with Crippen molar-refractivity contribution in [2.45, 2.75) is 0 Å². The van der Waals surface area contributed by atoms with Gasteiger partial charge in [-0.05, 0) is 36.4 Å². The molecule has 0 aliphatic heterocycles. The van der Waals surface area contributed by atoms with E-state index in [4.69, 9.17) is 21.1 Å². The van der Waals surface area contributed by atoms with E-state index < -0.39 is 5.97 Å². The molecule has 0 bridgehead atoms. The van der Waals surface area contributed by atoms with Gasteiger partial charge in [0.15, 0.2) is 5.58 Å². The molecule has 2 aromatic carbocycles. The van der Waals surface area contributed by atoms with Gasteiger partial charge >= 0.3 is 5.97 Å². The maximum Gasteiger partial charge on any atom is 0.335 e. The van der Waals surface area contributed by atoms with E-state index in [1.54, 1.807) is 30.3 Å². The van der Waals surface area contributed by atoms with Gasteiger partial charge in [-0.3, -0.25) is 0 Å². The first-order valence-electron chi connectivity index (χ1n) is 5.53. The summed E-state index contributed by atoms with van der Waals surface area (Å²) in [5, 5.41) is 9.42. The molecule has 0 radical (unpaired) electrons. The van der Waals surface area contributed by atoms with Crippen LogP contribution < -0.4 is 0 Å². The zero-order valence-electron chi connectivity index (χ0n) is 9.63. The molecular weight excluding hydrogens is 266 g/mol. The van der Waals surface area contributed by atoms with Crippen molar-refractivity contribution >= 4 is 28.7 Å². The number of carboxylic acid groups (broad SMARTS) is 1. The zero-order valence-corrected chi connectivity index (χ0v) is 10.4. The molecule has 0 atom stereocenters. The largest absolute Gasteiger partial charge is 0.478 e. The van der Waals surface area contributed by atoms with E-state index in [0.717, 1.165) is 5.56 Å². The highest BCUT2D eigenvalue weighted by atomic mass is 35.5. The molecule has 3 rings (SSSR count). The lowest BCUT2D eigenvalue weighted by Crippen LogP contribution is -1.94. The van der Waals surface area contributed by atoms with Crippen LogP contribution in [0.4, 0.5) is 0 Å². The predicted octanol–water partition coefficient (Wildman–Crippen LogP) is 3.85. The van der Waals surface area contributed by atoms with Crippen molar-refractivity contribution in [3.05, 3.63) is 53.1 Å². The first-order chi connectivity index (χ1) is 9.13. The summed E-state index contributed by atoms with van der Waals surface area (Å²) >= 11 is 5.88. The quantitative estimate of drug-likeness (QED) is 0.770. The monoisotopic (exact) mass is 273 g/mol. The smallest absolute Gasteiger partial charge is 0.335 e. The number of carbonyl (C=O) groups is 1. The summed E-state index contributed by atoms with van der Waals surface area (Å²) < 4.78 is 5.59. The van der Waals surface area contributed by atoms with Crippen LogP contribution in [0, 0.1) is 0 Å². The van der Waals surface area contributed by atoms with Crippen LogP contribution in [-0.4, -0.2) is 16.1 Å². The molecule has 4 nitrogen and oxygen atoms in total. The maximum absolute atomic E-state index is 10.8. The maximum atomic E-state index is 10.8. The topological polar surface area (TPSA) is 63.3 Å². The number of hydrogen-bond donors (Lipinski definition) is 1. The summed E-state index contributed by atoms with van der Waals surface area (Å²) in [7, 11) is 0. The molecule has 1 heterocycles. The highest BCUT2D eigenvalue weighted by Crippen LogP contribution is 2.26. The van der Waals surface area contributed by atoms with E-state index in [1.807, 2.05) is 0 Å². The lowest BCUT2D eigenvalue weighted by atomic mass is 10.1. The second-order valence-electron chi connectivity index (χ2n) is 4.01. The fraction of sp³-hybridized carbons (Fsp3) is 0. The summed E-state index contributed by atoms with van der Waals surface area (Å²) in [6.07, 6.45) is 0. The van der Waals surface area contributed by atoms with Crippen LogP contribution in [0.2, 0.25) is 5.02 Å². The van der Waals surface area contributed by atoms with Crippen molar-refractivity contribution in [3.8, 4) is 11.5 Å². The summed E-state index contributed by atoms with van der Waals surface area (Å²) in [5.41, 5.74) is 2.26. The Morgan fingerprint density at radius 3 is 2.58 bits per heavy atom. The molecule has 19 heavy (non-hydrogen) atoms. The van der Waals surface area contributed by atoms with E-state index in [2.05, 4.69) is 4.98 Å². The molecule has 1 aromatic heterocycles. The van der Waals surface area contributed by atoms with Crippen LogP contribution in [-0.2, 0) is 0 Å². The predicted molar refractivity (Wildman–Crippen MR) is 71.4 cm³/mol. The number of rotatable bonds is 2. The van der Waals surface area contributed by atoms with Crippen LogP contribution in [0.5, 0.6) is 0 Å². The minimum atomic E-state index is -0.962. The van der Waals surface area contributed by atoms with Gasteiger partial charge in [-0.1, -0.05) is 11.6 Å². The third-order valence-corrected chi connectivity index (χ3v) is 2.96. The number of carboxylic acids is 1. The zero-order chi connectivity index (χ0) is 13.4. The average molecular weight is 274 g/mol. The molecule has 0 aliphatic carbocycles. The third kappa shape index (κ3) is 2.18. The van der Waals surface area contributed by atoms with E-state index >= 15 is 0 Å². The van der Waals surface area contributed by atoms with Crippen LogP contribution in [0.25, 0.3) is 22.6 Å². The Morgan fingerprint density at radius 2 is 1.89 bits per heavy atom. The average Bonchev–Trinajstić information content (AvgIpc) is 2.81. The first kappa shape index (κ1) is 11.7. The molecule has 0 saturated carbocycles. The number of nitrogens with zero attached hydrogens (tertiary/aromatic N) is 1. The van der Waals surface area contributed by atoms with Crippen molar-refractivity contribution in [3.63, 3.8) is 0 Å². The Labute approximate surface area is 113 Å². The third-order valence-electron chi connectivity index (χ3n) is 2.73. The molecule has 94 valence electrons. The molecule has 0 unspecified atom stereocenters. The number of benzene rings is 2. The Bertz CT molecular complexity index is 762. The molecule has 3 aromatic rings. The fourth-order valence-electron chi connectivity index (χ4n) is 1.78. The standard InChI is InChI=1S/C14H8ClNO3/c15-10-5-6-11-12(7-10)19-13(16-11)8-1-3-9(4-2-8)14(17)18/h1-7H,(H,17,18). The van der Waals surface area contributed by atoms with Crippen molar-refractivity contribution in [2.24, 2.45) is 0 Å². The van der Waals surface area contributed by atoms with Crippen LogP contribution in [0.15, 0.2) is 46.9 Å². The van der Waals surface area contributed by atoms with Crippen LogP contribution in [0.3, 0.4) is 0 Å². The van der Waals surface area contributed by atoms with E-state index in [-0.39, 0.29) is 5.56 Å². The van der Waals surface area contributed by atoms with Crippen LogP contribution in [0.1, 0.15) is 10.4 Å². The second kappa shape index (κ2) is 4.40. The van der Waals surface area contributed by atoms with E-state index in [0.29, 0.717) is 22.0 Å². The normalized spacial score (nSPS) is 10.8. The highest BCUT2D eigenvalue weighted by molar-refractivity contribution is 6.31. The lowest BCUT2D eigenvalue weighted by molar-refractivity contribution is 0.0697. The molecular formula is C14H8ClNO3. The SMILES string of the molecule is O=C(O)c1ccc(-c2nc3ccc(Cl)cc3o2)cc1. The molecule has 1 N–H and O–H groups in total. The Morgan fingerprint density at radius 1 is 1.16 bits per heavy atom. The molecule has 0 saturated heterocycles. The number of oxazole rings is 1. The number of hydrogen-bond acceptors (Lipinski definition) is 3. The van der Waals surface area contributed by atoms with Gasteiger partial charge in [0, 0.05) is 16.7 Å². The van der Waals surface area contributed by atoms with Gasteiger partial charge in [0.2, 0.25) is 5.89 Å². The van der Waals surface area contributed by atoms with E-state index in [1.165, 1.54) is 12.1 Å². The summed E-state index contributed by atoms with van der Waals surface area (Å²) in [4.78, 5) is 15.1. The van der Waals surface area contributed by atoms with Gasteiger partial charge in [0.25, 0.3) is 0 Å². The molecule has 0 amide bonds. The molecule has 0 spiro atoms. The Kier molecular flexibility index (Phi) is 2.72. The summed E-state index contributed by atoms with van der Waals surface area (Å²) in [6.45, 7) is 0. The Balaban J connectivity index is 2.06. The number of halogens is 1. The Hall–Kier alpha value is -2.33. The van der Waals surface area contributed by atoms with Crippen LogP contribution >= 0.6 is 11.6 Å². The van der Waals surface area contributed by atoms with Gasteiger partial charge in [0.1, 0.15) is 5.52 Å². The van der Waals surface area contributed by atoms with Gasteiger partial charge in [-0.25, -0.2) is 9.78 Å². The molecule has 5 heteroatoms. The van der Waals surface area contributed by atoms with E-state index in [9.17, 15) is 4.79 Å². The fourth-order valence-corrected chi connectivity index (χ4v) is 1.94. The minimum absolute atomic E-state index is 0.225. The summed E-state index contributed by atoms with van der Waals surface area (Å²) in [6, 6.07) is 11.6. The highest BCUT2D eigenvalue weighted by Gasteiger charge is 2.09. The summed E-state index contributed by atoms with van der Waals surface area (Å²) in [5.74, 6) is -0.523. The number of fused-ring (bicyclic) bond motifs is 1. The van der Waals surface area contributed by atoms with Crippen molar-refractivity contribution in [2.75, 3.05) is 0 Å². The molecule has 0 fully saturated rings. The lowest BCUT2D eigenvalue weighted by Gasteiger charge is -1.96. The first-order valence-corrected chi connectivity index (χ1v) is 5.91. The van der Waals surface area contributed by atoms with Gasteiger partial charge < -0.3 is 9.52 Å². The number of aromatic carboxylic acids is 1. The minimum Gasteiger partial charge on any atom is -0.478 e. The van der Waals surface area contributed by atoms with Crippen molar-refractivity contribution in [1.82, 2.24) is 4.98 Å². The van der Waals surface area contributed by atoms with Crippen molar-refractivity contribution < 1.29 is 14.3 Å². The van der Waals surface area contributed by atoms with Gasteiger partial charge in [-0.2, -0.15) is 0 Å². The van der Waals surface area contributed by atoms with Gasteiger partial charge in [0.05, 0.1) is 5.56 Å². The molecule has 0 aliphatic rings. The number of aromatic nitrogens is 1. The van der Waals surface area contributed by atoms with Gasteiger partial charge in [-0.15, -0.1) is 0 Å². The van der Waals surface area contributed by atoms with Crippen molar-refractivity contribution in [1.29, 1.82) is 0 Å². The second-order valence-corrected chi connectivity index (χ2v) is 4.45.